The SMILES string of the molecule is CCC(C)CCCCCCCCCCCCC(=O)OC[C@H](COP(=O)(O)OC[C@@H](O)COP(=O)(O)O)OC(=O)CCC/C=C\C/C=C\C/C=C\C/C=C\CC[C@H](O)CC. The molecule has 2 unspecified atom stereocenters. The average Bonchev–Trinajstić information content (AvgIpc) is 3.19. The van der Waals surface area contributed by atoms with E-state index in [2.05, 4.69) is 59.4 Å². The number of phosphoric ester groups is 2. The molecule has 0 aliphatic carbocycles. The third-order valence-electron chi connectivity index (χ3n) is 9.41. The first-order chi connectivity index (χ1) is 28.2. The van der Waals surface area contributed by atoms with Gasteiger partial charge in [0.1, 0.15) is 12.7 Å². The smallest absolute Gasteiger partial charge is 0.462 e. The Bertz CT molecular complexity index is 1260. The van der Waals surface area contributed by atoms with Crippen molar-refractivity contribution in [2.24, 2.45) is 5.92 Å². The first kappa shape index (κ1) is 57.0. The summed E-state index contributed by atoms with van der Waals surface area (Å²) < 4.78 is 47.7. The van der Waals surface area contributed by atoms with E-state index in [1.165, 1.54) is 51.4 Å². The van der Waals surface area contributed by atoms with Crippen molar-refractivity contribution in [3.63, 3.8) is 0 Å². The lowest BCUT2D eigenvalue weighted by Gasteiger charge is -2.20. The zero-order chi connectivity index (χ0) is 44.0. The Morgan fingerprint density at radius 3 is 1.59 bits per heavy atom. The molecule has 0 bridgehead atoms. The maximum absolute atomic E-state index is 12.6. The molecule has 0 saturated carbocycles. The molecule has 59 heavy (non-hydrogen) atoms. The van der Waals surface area contributed by atoms with Crippen LogP contribution in [0.25, 0.3) is 0 Å². The van der Waals surface area contributed by atoms with Crippen molar-refractivity contribution in [2.45, 2.75) is 180 Å². The quantitative estimate of drug-likeness (QED) is 0.0168. The summed E-state index contributed by atoms with van der Waals surface area (Å²) in [4.78, 5) is 52.6. The molecule has 344 valence electrons. The van der Waals surface area contributed by atoms with E-state index in [0.29, 0.717) is 19.3 Å². The van der Waals surface area contributed by atoms with E-state index >= 15 is 0 Å². The van der Waals surface area contributed by atoms with Crippen LogP contribution in [-0.4, -0.2) is 81.6 Å². The van der Waals surface area contributed by atoms with Crippen molar-refractivity contribution in [1.82, 2.24) is 0 Å². The second-order valence-corrected chi connectivity index (χ2v) is 17.7. The summed E-state index contributed by atoms with van der Waals surface area (Å²) in [6, 6.07) is 0. The molecular weight excluding hydrogens is 802 g/mol. The fourth-order valence-corrected chi connectivity index (χ4v) is 6.69. The van der Waals surface area contributed by atoms with Gasteiger partial charge in [-0.1, -0.05) is 140 Å². The van der Waals surface area contributed by atoms with E-state index in [0.717, 1.165) is 63.7 Å². The van der Waals surface area contributed by atoms with Crippen LogP contribution >= 0.6 is 15.6 Å². The van der Waals surface area contributed by atoms with Gasteiger partial charge in [-0.05, 0) is 63.7 Å². The van der Waals surface area contributed by atoms with Crippen molar-refractivity contribution in [1.29, 1.82) is 0 Å². The van der Waals surface area contributed by atoms with Gasteiger partial charge in [-0.15, -0.1) is 0 Å². The maximum atomic E-state index is 12.6. The standard InChI is InChI=1S/C43H78O14P2/c1-4-38(3)30-26-22-18-14-12-13-16-20-24-28-32-42(46)53-36-41(37-56-59(51,52)55-35-40(45)34-54-58(48,49)50)57-43(47)33-29-25-21-17-11-9-7-6-8-10-15-19-23-27-31-39(44)5-2/h7-10,17,19,21,23,38-41,44-45H,4-6,11-16,18,20,22,24-37H2,1-3H3,(H,51,52)(H2,48,49,50)/b9-7-,10-8-,21-17-,23-19-/t38?,39-,40+,41-/m1/s1. The van der Waals surface area contributed by atoms with Gasteiger partial charge in [0, 0.05) is 12.8 Å². The Balaban J connectivity index is 4.64. The van der Waals surface area contributed by atoms with E-state index in [4.69, 9.17) is 23.8 Å². The van der Waals surface area contributed by atoms with Crippen LogP contribution in [0, 0.1) is 5.92 Å². The molecule has 14 nitrogen and oxygen atoms in total. The average molecular weight is 881 g/mol. The number of phosphoric acid groups is 2. The number of ether oxygens (including phenoxy) is 2. The minimum atomic E-state index is -4.87. The lowest BCUT2D eigenvalue weighted by atomic mass is 9.99. The van der Waals surface area contributed by atoms with Gasteiger partial charge >= 0.3 is 27.6 Å². The second kappa shape index (κ2) is 37.8. The van der Waals surface area contributed by atoms with Crippen LogP contribution in [0.5, 0.6) is 0 Å². The van der Waals surface area contributed by atoms with Gasteiger partial charge in [0.15, 0.2) is 6.10 Å². The highest BCUT2D eigenvalue weighted by atomic mass is 31.2. The minimum absolute atomic E-state index is 0.0420. The molecule has 0 spiro atoms. The van der Waals surface area contributed by atoms with Gasteiger partial charge in [0.05, 0.1) is 25.9 Å². The largest absolute Gasteiger partial charge is 0.472 e. The van der Waals surface area contributed by atoms with Gasteiger partial charge in [-0.3, -0.25) is 23.2 Å². The fourth-order valence-electron chi connectivity index (χ4n) is 5.53. The molecule has 0 radical (unpaired) electrons. The first-order valence-electron chi connectivity index (χ1n) is 21.8. The molecule has 0 fully saturated rings. The van der Waals surface area contributed by atoms with Gasteiger partial charge in [-0.25, -0.2) is 9.13 Å². The zero-order valence-corrected chi connectivity index (χ0v) is 37.9. The molecule has 0 aliphatic rings. The highest BCUT2D eigenvalue weighted by Crippen LogP contribution is 2.43. The Labute approximate surface area is 354 Å². The monoisotopic (exact) mass is 880 g/mol. The van der Waals surface area contributed by atoms with Gasteiger partial charge < -0.3 is 34.4 Å². The van der Waals surface area contributed by atoms with Crippen molar-refractivity contribution < 1.29 is 66.7 Å². The molecule has 5 N–H and O–H groups in total. The summed E-state index contributed by atoms with van der Waals surface area (Å²) in [5.74, 6) is -0.297. The topological polar surface area (TPSA) is 216 Å². The predicted molar refractivity (Wildman–Crippen MR) is 231 cm³/mol. The number of hydrogen-bond donors (Lipinski definition) is 5. The molecular formula is C43H78O14P2. The fraction of sp³-hybridized carbons (Fsp3) is 0.767. The molecule has 0 rings (SSSR count). The Kier molecular flexibility index (Phi) is 36.5. The van der Waals surface area contributed by atoms with Crippen molar-refractivity contribution in [3.05, 3.63) is 48.6 Å². The predicted octanol–water partition coefficient (Wildman–Crippen LogP) is 9.89. The van der Waals surface area contributed by atoms with Crippen LogP contribution in [0.3, 0.4) is 0 Å². The minimum Gasteiger partial charge on any atom is -0.462 e. The number of aliphatic hydroxyl groups is 2. The summed E-state index contributed by atoms with van der Waals surface area (Å²) in [6.45, 7) is 3.73. The first-order valence-corrected chi connectivity index (χ1v) is 24.8. The summed E-state index contributed by atoms with van der Waals surface area (Å²) >= 11 is 0. The third-order valence-corrected chi connectivity index (χ3v) is 10.9. The zero-order valence-electron chi connectivity index (χ0n) is 36.1. The van der Waals surface area contributed by atoms with Crippen LogP contribution < -0.4 is 0 Å². The van der Waals surface area contributed by atoms with Crippen LogP contribution in [0.1, 0.15) is 162 Å². The highest BCUT2D eigenvalue weighted by molar-refractivity contribution is 7.47. The van der Waals surface area contributed by atoms with E-state index in [1.807, 2.05) is 19.1 Å². The van der Waals surface area contributed by atoms with E-state index in [9.17, 15) is 33.8 Å². The third kappa shape index (κ3) is 41.2. The van der Waals surface area contributed by atoms with E-state index in [1.54, 1.807) is 0 Å². The summed E-state index contributed by atoms with van der Waals surface area (Å²) in [5, 5.41) is 19.3. The Morgan fingerprint density at radius 1 is 0.542 bits per heavy atom. The molecule has 0 heterocycles. The second-order valence-electron chi connectivity index (χ2n) is 15.0. The number of allylic oxidation sites excluding steroid dienone is 8. The van der Waals surface area contributed by atoms with E-state index in [-0.39, 0.29) is 18.9 Å². The van der Waals surface area contributed by atoms with Gasteiger partial charge in [-0.2, -0.15) is 0 Å². The number of carbonyl (C=O) groups is 2. The number of carbonyl (C=O) groups excluding carboxylic acids is 2. The van der Waals surface area contributed by atoms with Crippen LogP contribution in [0.4, 0.5) is 0 Å². The molecule has 16 heteroatoms. The van der Waals surface area contributed by atoms with Crippen molar-refractivity contribution >= 4 is 27.6 Å². The lowest BCUT2D eigenvalue weighted by Crippen LogP contribution is -2.29. The maximum Gasteiger partial charge on any atom is 0.472 e. The Hall–Kier alpha value is -1.96. The summed E-state index contributed by atoms with van der Waals surface area (Å²) in [6.07, 6.45) is 33.4. The van der Waals surface area contributed by atoms with Crippen LogP contribution in [0.15, 0.2) is 48.6 Å². The van der Waals surface area contributed by atoms with Crippen LogP contribution in [0.2, 0.25) is 0 Å². The summed E-state index contributed by atoms with van der Waals surface area (Å²) in [5.41, 5.74) is 0. The number of aliphatic hydroxyl groups excluding tert-OH is 2. The lowest BCUT2D eigenvalue weighted by molar-refractivity contribution is -0.161. The van der Waals surface area contributed by atoms with E-state index < -0.39 is 66.2 Å². The van der Waals surface area contributed by atoms with Crippen molar-refractivity contribution in [3.8, 4) is 0 Å². The molecule has 0 aromatic carbocycles. The number of esters is 2. The number of unbranched alkanes of at least 4 members (excludes halogenated alkanes) is 10. The summed E-state index contributed by atoms with van der Waals surface area (Å²) in [7, 11) is -9.70. The normalized spacial score (nSPS) is 15.6. The molecule has 0 aliphatic heterocycles. The molecule has 0 aromatic heterocycles. The number of rotatable bonds is 40. The van der Waals surface area contributed by atoms with Crippen LogP contribution in [-0.2, 0) is 41.8 Å². The number of hydrogen-bond acceptors (Lipinski definition) is 11. The molecule has 0 aromatic rings. The Morgan fingerprint density at radius 2 is 1.03 bits per heavy atom. The van der Waals surface area contributed by atoms with Crippen molar-refractivity contribution in [2.75, 3.05) is 26.4 Å². The molecule has 5 atom stereocenters. The molecule has 0 amide bonds. The van der Waals surface area contributed by atoms with Gasteiger partial charge in [0.25, 0.3) is 0 Å². The molecule has 0 saturated heterocycles. The highest BCUT2D eigenvalue weighted by Gasteiger charge is 2.28. The van der Waals surface area contributed by atoms with Gasteiger partial charge in [0.2, 0.25) is 0 Å².